The van der Waals surface area contributed by atoms with Crippen molar-refractivity contribution in [2.75, 3.05) is 5.32 Å². The molecule has 1 heterocycles. The molecule has 4 aromatic rings. The minimum absolute atomic E-state index is 0.00898. The van der Waals surface area contributed by atoms with E-state index in [9.17, 15) is 18.0 Å². The second-order valence-electron chi connectivity index (χ2n) is 9.63. The van der Waals surface area contributed by atoms with Crippen LogP contribution in [0.5, 0.6) is 0 Å². The van der Waals surface area contributed by atoms with E-state index >= 15 is 0 Å². The van der Waals surface area contributed by atoms with Gasteiger partial charge in [-0.3, -0.25) is 9.36 Å². The van der Waals surface area contributed by atoms with Crippen LogP contribution in [0.2, 0.25) is 0 Å². The van der Waals surface area contributed by atoms with Gasteiger partial charge in [-0.1, -0.05) is 81.1 Å². The maximum absolute atomic E-state index is 13.0. The smallest absolute Gasteiger partial charge is 0.325 e. The molecule has 1 atom stereocenters. The molecule has 0 fully saturated rings. The van der Waals surface area contributed by atoms with Gasteiger partial charge in [0, 0.05) is 16.9 Å². The minimum Gasteiger partial charge on any atom is -0.325 e. The zero-order chi connectivity index (χ0) is 26.8. The van der Waals surface area contributed by atoms with E-state index in [2.05, 4.69) is 48.4 Å². The Morgan fingerprint density at radius 3 is 2.19 bits per heavy atom. The number of para-hydroxylation sites is 1. The maximum Gasteiger partial charge on any atom is 0.416 e. The van der Waals surface area contributed by atoms with Gasteiger partial charge in [0.2, 0.25) is 5.91 Å². The topological polar surface area (TPSA) is 59.8 Å². The molecule has 5 nitrogen and oxygen atoms in total. The summed E-state index contributed by atoms with van der Waals surface area (Å²) < 4.78 is 41.0. The highest BCUT2D eigenvalue weighted by molar-refractivity contribution is 8.00. The molecule has 9 heteroatoms. The van der Waals surface area contributed by atoms with Crippen LogP contribution in [0.15, 0.2) is 84.0 Å². The summed E-state index contributed by atoms with van der Waals surface area (Å²) in [6, 6.07) is 22.3. The highest BCUT2D eigenvalue weighted by Gasteiger charge is 2.31. The van der Waals surface area contributed by atoms with Gasteiger partial charge in [0.05, 0.1) is 10.8 Å². The van der Waals surface area contributed by atoms with Crippen molar-refractivity contribution in [2.45, 2.75) is 49.7 Å². The maximum atomic E-state index is 13.0. The molecule has 0 saturated carbocycles. The second kappa shape index (κ2) is 10.4. The van der Waals surface area contributed by atoms with Gasteiger partial charge in [-0.15, -0.1) is 10.2 Å². The van der Waals surface area contributed by atoms with Gasteiger partial charge in [0.25, 0.3) is 0 Å². The number of carbonyl (C=O) groups excluding carboxylic acids is 1. The van der Waals surface area contributed by atoms with Gasteiger partial charge in [-0.2, -0.15) is 13.2 Å². The van der Waals surface area contributed by atoms with Crippen molar-refractivity contribution >= 4 is 23.4 Å². The van der Waals surface area contributed by atoms with E-state index in [0.29, 0.717) is 11.0 Å². The van der Waals surface area contributed by atoms with Gasteiger partial charge < -0.3 is 5.32 Å². The van der Waals surface area contributed by atoms with Gasteiger partial charge in [0.1, 0.15) is 0 Å². The molecule has 4 rings (SSSR count). The predicted molar refractivity (Wildman–Crippen MR) is 141 cm³/mol. The molecule has 3 aromatic carbocycles. The summed E-state index contributed by atoms with van der Waals surface area (Å²) >= 11 is 1.18. The van der Waals surface area contributed by atoms with Crippen LogP contribution < -0.4 is 5.32 Å². The first-order valence-corrected chi connectivity index (χ1v) is 12.6. The summed E-state index contributed by atoms with van der Waals surface area (Å²) in [5.74, 6) is 0.183. The molecular formula is C28H27F3N4OS. The lowest BCUT2D eigenvalue weighted by molar-refractivity contribution is -0.137. The number of nitrogens with zero attached hydrogens (tertiary/aromatic N) is 3. The number of thioether (sulfide) groups is 1. The van der Waals surface area contributed by atoms with Crippen LogP contribution >= 0.6 is 11.8 Å². The molecule has 192 valence electrons. The number of aromatic nitrogens is 3. The third kappa shape index (κ3) is 6.22. The molecule has 1 amide bonds. The molecule has 1 aromatic heterocycles. The lowest BCUT2D eigenvalue weighted by Crippen LogP contribution is -2.23. The number of anilines is 1. The SMILES string of the molecule is C[C@H](Sc1nnc(-c2ccc(C(C)(C)C)cc2)n1-c1ccccc1)C(=O)Nc1cccc(C(F)(F)F)c1. The van der Waals surface area contributed by atoms with E-state index in [4.69, 9.17) is 0 Å². The van der Waals surface area contributed by atoms with Crippen molar-refractivity contribution < 1.29 is 18.0 Å². The fraction of sp³-hybridized carbons (Fsp3) is 0.250. The van der Waals surface area contributed by atoms with E-state index in [1.54, 1.807) is 6.92 Å². The summed E-state index contributed by atoms with van der Waals surface area (Å²) in [4.78, 5) is 12.9. The number of hydrogen-bond donors (Lipinski definition) is 1. The van der Waals surface area contributed by atoms with E-state index in [-0.39, 0.29) is 11.1 Å². The van der Waals surface area contributed by atoms with Crippen molar-refractivity contribution in [3.63, 3.8) is 0 Å². The van der Waals surface area contributed by atoms with Crippen LogP contribution in [0.1, 0.15) is 38.8 Å². The van der Waals surface area contributed by atoms with Crippen LogP contribution in [-0.4, -0.2) is 25.9 Å². The zero-order valence-electron chi connectivity index (χ0n) is 20.9. The monoisotopic (exact) mass is 524 g/mol. The molecule has 0 aliphatic heterocycles. The van der Waals surface area contributed by atoms with Crippen molar-refractivity contribution in [3.8, 4) is 17.1 Å². The third-order valence-electron chi connectivity index (χ3n) is 5.77. The number of amides is 1. The number of alkyl halides is 3. The van der Waals surface area contributed by atoms with E-state index < -0.39 is 22.9 Å². The lowest BCUT2D eigenvalue weighted by atomic mass is 9.87. The van der Waals surface area contributed by atoms with Gasteiger partial charge in [-0.05, 0) is 48.2 Å². The molecule has 0 radical (unpaired) electrons. The van der Waals surface area contributed by atoms with Gasteiger partial charge in [0.15, 0.2) is 11.0 Å². The Morgan fingerprint density at radius 1 is 0.892 bits per heavy atom. The number of rotatable bonds is 6. The Labute approximate surface area is 218 Å². The molecule has 0 aliphatic rings. The fourth-order valence-corrected chi connectivity index (χ4v) is 4.56. The minimum atomic E-state index is -4.49. The summed E-state index contributed by atoms with van der Waals surface area (Å²) in [7, 11) is 0. The Morgan fingerprint density at radius 2 is 1.57 bits per heavy atom. The van der Waals surface area contributed by atoms with Crippen molar-refractivity contribution in [3.05, 3.63) is 90.0 Å². The van der Waals surface area contributed by atoms with Crippen LogP contribution in [0.3, 0.4) is 0 Å². The first-order valence-electron chi connectivity index (χ1n) is 11.7. The van der Waals surface area contributed by atoms with Crippen molar-refractivity contribution in [1.82, 2.24) is 14.8 Å². The van der Waals surface area contributed by atoms with E-state index in [1.807, 2.05) is 47.0 Å². The molecule has 0 unspecified atom stereocenters. The molecule has 0 bridgehead atoms. The number of benzene rings is 3. The highest BCUT2D eigenvalue weighted by Crippen LogP contribution is 2.33. The van der Waals surface area contributed by atoms with Crippen molar-refractivity contribution in [1.29, 1.82) is 0 Å². The molecule has 0 spiro atoms. The zero-order valence-corrected chi connectivity index (χ0v) is 21.7. The lowest BCUT2D eigenvalue weighted by Gasteiger charge is -2.19. The van der Waals surface area contributed by atoms with Gasteiger partial charge in [-0.25, -0.2) is 0 Å². The average Bonchev–Trinajstić information content (AvgIpc) is 3.27. The van der Waals surface area contributed by atoms with E-state index in [0.717, 1.165) is 23.4 Å². The average molecular weight is 525 g/mol. The number of hydrogen-bond acceptors (Lipinski definition) is 4. The molecule has 0 saturated heterocycles. The largest absolute Gasteiger partial charge is 0.416 e. The fourth-order valence-electron chi connectivity index (χ4n) is 3.69. The predicted octanol–water partition coefficient (Wildman–Crippen LogP) is 7.37. The number of carbonyl (C=O) groups is 1. The van der Waals surface area contributed by atoms with Gasteiger partial charge >= 0.3 is 6.18 Å². The summed E-state index contributed by atoms with van der Waals surface area (Å²) in [6.07, 6.45) is -4.49. The Kier molecular flexibility index (Phi) is 7.45. The molecule has 0 aliphatic carbocycles. The van der Waals surface area contributed by atoms with Crippen LogP contribution in [0, 0.1) is 0 Å². The summed E-state index contributed by atoms with van der Waals surface area (Å²) in [5.41, 5.74) is 2.16. The Bertz CT molecular complexity index is 1380. The van der Waals surface area contributed by atoms with Crippen LogP contribution in [-0.2, 0) is 16.4 Å². The van der Waals surface area contributed by atoms with Crippen molar-refractivity contribution in [2.24, 2.45) is 0 Å². The molecule has 37 heavy (non-hydrogen) atoms. The van der Waals surface area contributed by atoms with E-state index in [1.165, 1.54) is 29.5 Å². The number of nitrogens with one attached hydrogen (secondary N) is 1. The summed E-state index contributed by atoms with van der Waals surface area (Å²) in [6.45, 7) is 8.12. The first-order chi connectivity index (χ1) is 17.4. The Balaban J connectivity index is 1.61. The quantitative estimate of drug-likeness (QED) is 0.268. The summed E-state index contributed by atoms with van der Waals surface area (Å²) in [5, 5.41) is 11.2. The van der Waals surface area contributed by atoms with Crippen LogP contribution in [0.4, 0.5) is 18.9 Å². The standard InChI is InChI=1S/C28H27F3N4OS/c1-18(25(36)32-22-10-8-9-21(17-22)28(29,30)31)37-26-34-33-24(35(26)23-11-6-5-7-12-23)19-13-15-20(16-14-19)27(2,3)4/h5-18H,1-4H3,(H,32,36)/t18-/m0/s1. The third-order valence-corrected chi connectivity index (χ3v) is 6.81. The number of halogens is 3. The Hall–Kier alpha value is -3.59. The highest BCUT2D eigenvalue weighted by atomic mass is 32.2. The molecule has 1 N–H and O–H groups in total. The van der Waals surface area contributed by atoms with Crippen LogP contribution in [0.25, 0.3) is 17.1 Å². The second-order valence-corrected chi connectivity index (χ2v) is 10.9. The molecular weight excluding hydrogens is 497 g/mol. The first kappa shape index (κ1) is 26.5. The normalized spacial score (nSPS) is 12.8.